The molecule has 2 rings (SSSR count). The van der Waals surface area contributed by atoms with Gasteiger partial charge in [-0.1, -0.05) is 11.6 Å². The third kappa shape index (κ3) is 2.25. The lowest BCUT2D eigenvalue weighted by Gasteiger charge is -2.06. The Hall–Kier alpha value is -2.37. The van der Waals surface area contributed by atoms with Gasteiger partial charge in [0.15, 0.2) is 0 Å². The lowest BCUT2D eigenvalue weighted by atomic mass is 10.1. The molecule has 6 nitrogen and oxygen atoms in total. The van der Waals surface area contributed by atoms with Gasteiger partial charge in [-0.15, -0.1) is 10.2 Å². The summed E-state index contributed by atoms with van der Waals surface area (Å²) in [7, 11) is 1.71. The number of nitrogens with one attached hydrogen (secondary N) is 1. The molecular weight excluding hydrogens is 220 g/mol. The molecule has 0 unspecified atom stereocenters. The minimum Gasteiger partial charge on any atom is -0.507 e. The van der Waals surface area contributed by atoms with Crippen LogP contribution < -0.4 is 5.32 Å². The average Bonchev–Trinajstić information content (AvgIpc) is 2.68. The van der Waals surface area contributed by atoms with E-state index in [2.05, 4.69) is 15.5 Å². The maximum Gasteiger partial charge on any atom is 0.261 e. The summed E-state index contributed by atoms with van der Waals surface area (Å²) in [5.41, 5.74) is 1.11. The molecule has 0 saturated heterocycles. The van der Waals surface area contributed by atoms with E-state index < -0.39 is 5.91 Å². The predicted molar refractivity (Wildman–Crippen MR) is 61.8 cm³/mol. The van der Waals surface area contributed by atoms with Crippen molar-refractivity contribution in [2.75, 3.05) is 5.32 Å². The molecule has 0 bridgehead atoms. The summed E-state index contributed by atoms with van der Waals surface area (Å²) in [5, 5.41) is 19.5. The normalized spacial score (nSPS) is 10.2. The van der Waals surface area contributed by atoms with E-state index >= 15 is 0 Å². The minimum absolute atomic E-state index is 0.0599. The Bertz CT molecular complexity index is 562. The van der Waals surface area contributed by atoms with E-state index in [-0.39, 0.29) is 11.3 Å². The van der Waals surface area contributed by atoms with E-state index in [1.165, 1.54) is 12.4 Å². The number of phenolic OH excluding ortho intramolecular Hbond substituents is 1. The Balaban J connectivity index is 2.26. The summed E-state index contributed by atoms with van der Waals surface area (Å²) in [6.45, 7) is 1.85. The third-order valence-electron chi connectivity index (χ3n) is 2.33. The van der Waals surface area contributed by atoms with Crippen molar-refractivity contribution < 1.29 is 9.90 Å². The standard InChI is InChI=1S/C11H12N4O2/c1-7-3-4-9(16)8(5-7)10(17)13-11-14-12-6-15(11)2/h3-6,16H,1-2H3,(H,13,14,17). The Kier molecular flexibility index (Phi) is 2.78. The van der Waals surface area contributed by atoms with Crippen LogP contribution in [0, 0.1) is 6.92 Å². The molecule has 6 heteroatoms. The third-order valence-corrected chi connectivity index (χ3v) is 2.33. The maximum atomic E-state index is 11.9. The molecule has 1 aromatic heterocycles. The number of hydrogen-bond donors (Lipinski definition) is 2. The zero-order chi connectivity index (χ0) is 12.4. The summed E-state index contributed by atoms with van der Waals surface area (Å²) in [4.78, 5) is 11.9. The second kappa shape index (κ2) is 4.25. The highest BCUT2D eigenvalue weighted by Gasteiger charge is 2.13. The van der Waals surface area contributed by atoms with Crippen molar-refractivity contribution in [1.29, 1.82) is 0 Å². The SMILES string of the molecule is Cc1ccc(O)c(C(=O)Nc2nncn2C)c1. The zero-order valence-electron chi connectivity index (χ0n) is 9.51. The number of aromatic hydroxyl groups is 1. The second-order valence-corrected chi connectivity index (χ2v) is 3.74. The number of rotatable bonds is 2. The van der Waals surface area contributed by atoms with E-state index in [1.807, 2.05) is 6.92 Å². The van der Waals surface area contributed by atoms with Crippen molar-refractivity contribution >= 4 is 11.9 Å². The monoisotopic (exact) mass is 232 g/mol. The van der Waals surface area contributed by atoms with Crippen molar-refractivity contribution in [3.05, 3.63) is 35.7 Å². The lowest BCUT2D eigenvalue weighted by Crippen LogP contribution is -2.15. The molecule has 1 amide bonds. The number of phenols is 1. The summed E-state index contributed by atoms with van der Waals surface area (Å²) >= 11 is 0. The van der Waals surface area contributed by atoms with Crippen molar-refractivity contribution in [3.8, 4) is 5.75 Å². The van der Waals surface area contributed by atoms with Gasteiger partial charge in [0.1, 0.15) is 12.1 Å². The highest BCUT2D eigenvalue weighted by molar-refractivity contribution is 6.05. The van der Waals surface area contributed by atoms with Gasteiger partial charge in [0.25, 0.3) is 5.91 Å². The topological polar surface area (TPSA) is 80.0 Å². The van der Waals surface area contributed by atoms with Crippen LogP contribution >= 0.6 is 0 Å². The molecule has 88 valence electrons. The molecule has 0 saturated carbocycles. The van der Waals surface area contributed by atoms with Gasteiger partial charge in [-0.25, -0.2) is 0 Å². The molecule has 17 heavy (non-hydrogen) atoms. The van der Waals surface area contributed by atoms with Crippen molar-refractivity contribution in [2.45, 2.75) is 6.92 Å². The molecule has 0 aliphatic rings. The van der Waals surface area contributed by atoms with Crippen molar-refractivity contribution in [1.82, 2.24) is 14.8 Å². The number of anilines is 1. The van der Waals surface area contributed by atoms with Crippen LogP contribution in [0.25, 0.3) is 0 Å². The first-order chi connectivity index (χ1) is 8.08. The molecule has 0 atom stereocenters. The first kappa shape index (κ1) is 11.1. The van der Waals surface area contributed by atoms with Crippen LogP contribution in [0.1, 0.15) is 15.9 Å². The van der Waals surface area contributed by atoms with Gasteiger partial charge in [-0.3, -0.25) is 10.1 Å². The number of aromatic nitrogens is 3. The largest absolute Gasteiger partial charge is 0.507 e. The molecular formula is C11H12N4O2. The fourth-order valence-corrected chi connectivity index (χ4v) is 1.40. The highest BCUT2D eigenvalue weighted by Crippen LogP contribution is 2.19. The van der Waals surface area contributed by atoms with Crippen LogP contribution in [-0.2, 0) is 7.05 Å². The number of benzene rings is 1. The van der Waals surface area contributed by atoms with Gasteiger partial charge in [0.05, 0.1) is 5.56 Å². The van der Waals surface area contributed by atoms with Crippen LogP contribution in [-0.4, -0.2) is 25.8 Å². The van der Waals surface area contributed by atoms with Gasteiger partial charge >= 0.3 is 0 Å². The van der Waals surface area contributed by atoms with Gasteiger partial charge in [0, 0.05) is 7.05 Å². The van der Waals surface area contributed by atoms with E-state index in [9.17, 15) is 9.90 Å². The summed E-state index contributed by atoms with van der Waals surface area (Å²) < 4.78 is 1.57. The fraction of sp³-hybridized carbons (Fsp3) is 0.182. The molecule has 0 aliphatic heterocycles. The number of carbonyl (C=O) groups excluding carboxylic acids is 1. The highest BCUT2D eigenvalue weighted by atomic mass is 16.3. The fourth-order valence-electron chi connectivity index (χ4n) is 1.40. The molecule has 0 radical (unpaired) electrons. The Morgan fingerprint density at radius 3 is 2.88 bits per heavy atom. The molecule has 2 aromatic rings. The average molecular weight is 232 g/mol. The van der Waals surface area contributed by atoms with E-state index in [0.717, 1.165) is 5.56 Å². The first-order valence-corrected chi connectivity index (χ1v) is 5.03. The van der Waals surface area contributed by atoms with Crippen molar-refractivity contribution in [3.63, 3.8) is 0 Å². The number of aryl methyl sites for hydroxylation is 2. The van der Waals surface area contributed by atoms with Crippen LogP contribution in [0.3, 0.4) is 0 Å². The van der Waals surface area contributed by atoms with Gasteiger partial charge in [-0.05, 0) is 19.1 Å². The molecule has 0 aliphatic carbocycles. The predicted octanol–water partition coefficient (Wildman–Crippen LogP) is 1.08. The molecule has 1 heterocycles. The zero-order valence-corrected chi connectivity index (χ0v) is 9.51. The van der Waals surface area contributed by atoms with E-state index in [0.29, 0.717) is 5.95 Å². The van der Waals surface area contributed by atoms with Crippen molar-refractivity contribution in [2.24, 2.45) is 7.05 Å². The summed E-state index contributed by atoms with van der Waals surface area (Å²) in [6.07, 6.45) is 1.48. The van der Waals surface area contributed by atoms with Crippen LogP contribution in [0.4, 0.5) is 5.95 Å². The Morgan fingerprint density at radius 1 is 1.47 bits per heavy atom. The summed E-state index contributed by atoms with van der Waals surface area (Å²) in [5.74, 6) is -0.145. The summed E-state index contributed by atoms with van der Waals surface area (Å²) in [6, 6.07) is 4.83. The van der Waals surface area contributed by atoms with Crippen LogP contribution in [0.2, 0.25) is 0 Å². The number of amides is 1. The molecule has 2 N–H and O–H groups in total. The minimum atomic E-state index is -0.415. The molecule has 0 spiro atoms. The molecule has 1 aromatic carbocycles. The quantitative estimate of drug-likeness (QED) is 0.812. The molecule has 0 fully saturated rings. The smallest absolute Gasteiger partial charge is 0.261 e. The number of nitrogens with zero attached hydrogens (tertiary/aromatic N) is 3. The number of carbonyl (C=O) groups is 1. The van der Waals surface area contributed by atoms with Gasteiger partial charge in [0.2, 0.25) is 5.95 Å². The van der Waals surface area contributed by atoms with E-state index in [1.54, 1.807) is 23.7 Å². The number of hydrogen-bond acceptors (Lipinski definition) is 4. The van der Waals surface area contributed by atoms with Crippen LogP contribution in [0.5, 0.6) is 5.75 Å². The van der Waals surface area contributed by atoms with Gasteiger partial charge < -0.3 is 9.67 Å². The van der Waals surface area contributed by atoms with E-state index in [4.69, 9.17) is 0 Å². The first-order valence-electron chi connectivity index (χ1n) is 5.03. The second-order valence-electron chi connectivity index (χ2n) is 3.74. The Morgan fingerprint density at radius 2 is 2.24 bits per heavy atom. The lowest BCUT2D eigenvalue weighted by molar-refractivity contribution is 0.102. The maximum absolute atomic E-state index is 11.9. The van der Waals surface area contributed by atoms with Crippen LogP contribution in [0.15, 0.2) is 24.5 Å². The Labute approximate surface area is 97.9 Å². The van der Waals surface area contributed by atoms with Gasteiger partial charge in [-0.2, -0.15) is 0 Å².